The van der Waals surface area contributed by atoms with Gasteiger partial charge in [-0.25, -0.2) is 4.79 Å². The minimum atomic E-state index is -1.01. The van der Waals surface area contributed by atoms with E-state index < -0.39 is 12.0 Å². The quantitative estimate of drug-likeness (QED) is 0.722. The number of carbonyl (C=O) groups excluding carboxylic acids is 1. The lowest BCUT2D eigenvalue weighted by atomic mass is 10.0. The number of hydrogen-bond acceptors (Lipinski definition) is 3. The Hall–Kier alpha value is -2.04. The van der Waals surface area contributed by atoms with E-state index in [-0.39, 0.29) is 18.2 Å². The van der Waals surface area contributed by atoms with E-state index in [4.69, 9.17) is 9.84 Å². The molecule has 0 unspecified atom stereocenters. The van der Waals surface area contributed by atoms with Crippen LogP contribution in [0, 0.1) is 12.8 Å². The Kier molecular flexibility index (Phi) is 6.72. The van der Waals surface area contributed by atoms with Gasteiger partial charge in [-0.3, -0.25) is 4.79 Å². The molecule has 0 aromatic heterocycles. The molecule has 0 aliphatic carbocycles. The number of rotatable bonds is 8. The highest BCUT2D eigenvalue weighted by molar-refractivity contribution is 5.83. The summed E-state index contributed by atoms with van der Waals surface area (Å²) in [6.07, 6.45) is 0.798. The predicted octanol–water partition coefficient (Wildman–Crippen LogP) is 2.38. The number of nitrogens with one attached hydrogen (secondary N) is 1. The van der Waals surface area contributed by atoms with E-state index in [9.17, 15) is 9.59 Å². The van der Waals surface area contributed by atoms with Crippen LogP contribution in [0.25, 0.3) is 0 Å². The number of carboxylic acids is 1. The van der Waals surface area contributed by atoms with Gasteiger partial charge in [0.2, 0.25) is 5.91 Å². The fourth-order valence-electron chi connectivity index (χ4n) is 1.89. The maximum atomic E-state index is 11.7. The van der Waals surface area contributed by atoms with E-state index in [1.54, 1.807) is 13.8 Å². The van der Waals surface area contributed by atoms with Crippen LogP contribution in [0.2, 0.25) is 0 Å². The van der Waals surface area contributed by atoms with Crippen LogP contribution in [0.4, 0.5) is 0 Å². The smallest absolute Gasteiger partial charge is 0.326 e. The van der Waals surface area contributed by atoms with Crippen molar-refractivity contribution < 1.29 is 19.4 Å². The van der Waals surface area contributed by atoms with Crippen LogP contribution >= 0.6 is 0 Å². The molecule has 0 fully saturated rings. The van der Waals surface area contributed by atoms with Crippen LogP contribution in [0.15, 0.2) is 24.3 Å². The van der Waals surface area contributed by atoms with E-state index in [0.29, 0.717) is 13.0 Å². The Morgan fingerprint density at radius 2 is 2.05 bits per heavy atom. The zero-order chi connectivity index (χ0) is 15.8. The number of aryl methyl sites for hydroxylation is 1. The molecule has 0 saturated carbocycles. The Bertz CT molecular complexity index is 485. The van der Waals surface area contributed by atoms with Crippen molar-refractivity contribution in [3.63, 3.8) is 0 Å². The number of aliphatic carboxylic acids is 1. The highest BCUT2D eigenvalue weighted by Gasteiger charge is 2.22. The van der Waals surface area contributed by atoms with Crippen molar-refractivity contribution in [1.29, 1.82) is 0 Å². The topological polar surface area (TPSA) is 75.6 Å². The molecule has 116 valence electrons. The molecule has 5 nitrogen and oxygen atoms in total. The van der Waals surface area contributed by atoms with Gasteiger partial charge in [-0.05, 0) is 37.0 Å². The fourth-order valence-corrected chi connectivity index (χ4v) is 1.89. The molecule has 0 heterocycles. The van der Waals surface area contributed by atoms with Gasteiger partial charge in [-0.2, -0.15) is 0 Å². The predicted molar refractivity (Wildman–Crippen MR) is 80.3 cm³/mol. The van der Waals surface area contributed by atoms with Gasteiger partial charge in [0.05, 0.1) is 6.61 Å². The summed E-state index contributed by atoms with van der Waals surface area (Å²) >= 11 is 0. The van der Waals surface area contributed by atoms with Gasteiger partial charge in [-0.15, -0.1) is 0 Å². The highest BCUT2D eigenvalue weighted by atomic mass is 16.5. The molecule has 1 amide bonds. The number of hydrogen-bond donors (Lipinski definition) is 2. The first-order valence-electron chi connectivity index (χ1n) is 7.11. The normalized spacial score (nSPS) is 12.0. The summed E-state index contributed by atoms with van der Waals surface area (Å²) in [5.74, 6) is -0.630. The molecule has 0 saturated heterocycles. The minimum Gasteiger partial charge on any atom is -0.494 e. The Balaban J connectivity index is 2.29. The third kappa shape index (κ3) is 6.29. The molecule has 21 heavy (non-hydrogen) atoms. The number of ether oxygens (including phenoxy) is 1. The van der Waals surface area contributed by atoms with Crippen LogP contribution in [0.5, 0.6) is 5.75 Å². The summed E-state index contributed by atoms with van der Waals surface area (Å²) in [5.41, 5.74) is 1.12. The van der Waals surface area contributed by atoms with Gasteiger partial charge < -0.3 is 15.2 Å². The Morgan fingerprint density at radius 3 is 2.62 bits per heavy atom. The molecule has 0 aliphatic rings. The zero-order valence-electron chi connectivity index (χ0n) is 12.8. The molecule has 1 atom stereocenters. The third-order valence-corrected chi connectivity index (χ3v) is 3.06. The summed E-state index contributed by atoms with van der Waals surface area (Å²) in [6.45, 7) is 5.94. The van der Waals surface area contributed by atoms with Crippen LogP contribution in [-0.2, 0) is 9.59 Å². The van der Waals surface area contributed by atoms with Crippen molar-refractivity contribution in [2.24, 2.45) is 5.92 Å². The van der Waals surface area contributed by atoms with Crippen LogP contribution in [0.3, 0.4) is 0 Å². The summed E-state index contributed by atoms with van der Waals surface area (Å²) in [4.78, 5) is 22.7. The molecule has 0 aliphatic heterocycles. The second kappa shape index (κ2) is 8.29. The highest BCUT2D eigenvalue weighted by Crippen LogP contribution is 2.12. The van der Waals surface area contributed by atoms with Crippen LogP contribution in [-0.4, -0.2) is 29.6 Å². The second-order valence-electron chi connectivity index (χ2n) is 5.40. The third-order valence-electron chi connectivity index (χ3n) is 3.06. The van der Waals surface area contributed by atoms with E-state index in [1.165, 1.54) is 0 Å². The molecule has 1 aromatic carbocycles. The van der Waals surface area contributed by atoms with Crippen molar-refractivity contribution in [3.8, 4) is 5.75 Å². The van der Waals surface area contributed by atoms with Crippen molar-refractivity contribution in [1.82, 2.24) is 5.32 Å². The number of amides is 1. The first-order valence-corrected chi connectivity index (χ1v) is 7.11. The fraction of sp³-hybridized carbons (Fsp3) is 0.500. The average molecular weight is 293 g/mol. The van der Waals surface area contributed by atoms with Crippen molar-refractivity contribution in [2.45, 2.75) is 39.7 Å². The average Bonchev–Trinajstić information content (AvgIpc) is 2.40. The molecule has 1 aromatic rings. The molecule has 5 heteroatoms. The molecular formula is C16H23NO4. The summed E-state index contributed by atoms with van der Waals surface area (Å²) in [7, 11) is 0. The molecule has 1 rings (SSSR count). The van der Waals surface area contributed by atoms with E-state index in [0.717, 1.165) is 11.3 Å². The first kappa shape index (κ1) is 17.0. The monoisotopic (exact) mass is 293 g/mol. The van der Waals surface area contributed by atoms with Crippen molar-refractivity contribution in [3.05, 3.63) is 29.8 Å². The maximum Gasteiger partial charge on any atom is 0.326 e. The van der Waals surface area contributed by atoms with E-state index in [2.05, 4.69) is 5.32 Å². The molecule has 0 radical (unpaired) electrons. The number of carboxylic acid groups (broad SMARTS) is 1. The van der Waals surface area contributed by atoms with Crippen LogP contribution < -0.4 is 10.1 Å². The largest absolute Gasteiger partial charge is 0.494 e. The Labute approximate surface area is 125 Å². The van der Waals surface area contributed by atoms with Crippen LogP contribution in [0.1, 0.15) is 32.3 Å². The number of carbonyl (C=O) groups is 2. The lowest BCUT2D eigenvalue weighted by Crippen LogP contribution is -2.44. The van der Waals surface area contributed by atoms with Crippen molar-refractivity contribution in [2.75, 3.05) is 6.61 Å². The molecule has 2 N–H and O–H groups in total. The standard InChI is InChI=1S/C16H23NO4/c1-11(2)15(16(19)20)17-14(18)8-5-9-21-13-7-4-6-12(3)10-13/h4,6-7,10-11,15H,5,8-9H2,1-3H3,(H,17,18)(H,19,20)/t15-/m1/s1. The molecule has 0 bridgehead atoms. The van der Waals surface area contributed by atoms with Gasteiger partial charge in [-0.1, -0.05) is 26.0 Å². The SMILES string of the molecule is Cc1cccc(OCCCC(=O)N[C@@H](C(=O)O)C(C)C)c1. The molecular weight excluding hydrogens is 270 g/mol. The van der Waals surface area contributed by atoms with Gasteiger partial charge >= 0.3 is 5.97 Å². The zero-order valence-corrected chi connectivity index (χ0v) is 12.8. The van der Waals surface area contributed by atoms with E-state index in [1.807, 2.05) is 31.2 Å². The first-order chi connectivity index (χ1) is 9.90. The van der Waals surface area contributed by atoms with Gasteiger partial charge in [0.1, 0.15) is 11.8 Å². The molecule has 0 spiro atoms. The summed E-state index contributed by atoms with van der Waals surface area (Å²) in [6, 6.07) is 6.86. The lowest BCUT2D eigenvalue weighted by Gasteiger charge is -2.17. The van der Waals surface area contributed by atoms with Crippen molar-refractivity contribution >= 4 is 11.9 Å². The van der Waals surface area contributed by atoms with Gasteiger partial charge in [0.25, 0.3) is 0 Å². The maximum absolute atomic E-state index is 11.7. The summed E-state index contributed by atoms with van der Waals surface area (Å²) in [5, 5.41) is 11.5. The second-order valence-corrected chi connectivity index (χ2v) is 5.40. The van der Waals surface area contributed by atoms with Gasteiger partial charge in [0, 0.05) is 6.42 Å². The van der Waals surface area contributed by atoms with Gasteiger partial charge in [0.15, 0.2) is 0 Å². The minimum absolute atomic E-state index is 0.144. The van der Waals surface area contributed by atoms with E-state index >= 15 is 0 Å². The summed E-state index contributed by atoms with van der Waals surface area (Å²) < 4.78 is 5.54. The Morgan fingerprint density at radius 1 is 1.33 bits per heavy atom. The number of benzene rings is 1. The lowest BCUT2D eigenvalue weighted by molar-refractivity contribution is -0.143.